The van der Waals surface area contributed by atoms with Gasteiger partial charge in [0.15, 0.2) is 0 Å². The van der Waals surface area contributed by atoms with Crippen LogP contribution in [-0.4, -0.2) is 11.1 Å². The van der Waals surface area contributed by atoms with Crippen molar-refractivity contribution in [2.75, 3.05) is 6.54 Å². The Hall–Kier alpha value is -1.54. The van der Waals surface area contributed by atoms with E-state index in [4.69, 9.17) is 0 Å². The molecule has 0 saturated heterocycles. The molecule has 0 aliphatic heterocycles. The fraction of sp³-hybridized carbons (Fsp3) is 0.474. The van der Waals surface area contributed by atoms with Crippen molar-refractivity contribution in [3.8, 4) is 5.69 Å². The van der Waals surface area contributed by atoms with Gasteiger partial charge in [-0.3, -0.25) is 0 Å². The molecule has 21 heavy (non-hydrogen) atoms. The van der Waals surface area contributed by atoms with Gasteiger partial charge in [0.1, 0.15) is 0 Å². The average molecular weight is 284 g/mol. The summed E-state index contributed by atoms with van der Waals surface area (Å²) in [5, 5.41) is 3.60. The Balaban J connectivity index is 2.09. The van der Waals surface area contributed by atoms with E-state index in [1.165, 1.54) is 22.6 Å². The van der Waals surface area contributed by atoms with Crippen LogP contribution < -0.4 is 5.32 Å². The predicted molar refractivity (Wildman–Crippen MR) is 91.0 cm³/mol. The van der Waals surface area contributed by atoms with Crippen LogP contribution in [-0.2, 0) is 6.54 Å². The van der Waals surface area contributed by atoms with E-state index >= 15 is 0 Å². The number of hydrogen-bond acceptors (Lipinski definition) is 1. The van der Waals surface area contributed by atoms with Gasteiger partial charge in [-0.05, 0) is 56.0 Å². The van der Waals surface area contributed by atoms with E-state index in [0.29, 0.717) is 5.92 Å². The third-order valence-corrected chi connectivity index (χ3v) is 4.47. The third kappa shape index (κ3) is 3.76. The molecule has 114 valence electrons. The molecule has 0 spiro atoms. The molecule has 0 saturated carbocycles. The number of aromatic nitrogens is 1. The molecule has 1 aromatic heterocycles. The molecule has 1 atom stereocenters. The van der Waals surface area contributed by atoms with Gasteiger partial charge in [0.2, 0.25) is 0 Å². The van der Waals surface area contributed by atoms with Crippen molar-refractivity contribution in [3.05, 3.63) is 53.3 Å². The molecule has 0 aliphatic carbocycles. The molecule has 0 bridgehead atoms. The van der Waals surface area contributed by atoms with Crippen LogP contribution in [0.25, 0.3) is 5.69 Å². The molecular weight excluding hydrogens is 256 g/mol. The summed E-state index contributed by atoms with van der Waals surface area (Å²) in [6.45, 7) is 13.3. The van der Waals surface area contributed by atoms with Crippen LogP contribution in [0.4, 0.5) is 0 Å². The molecule has 2 aromatic rings. The fourth-order valence-electron chi connectivity index (χ4n) is 2.65. The van der Waals surface area contributed by atoms with Gasteiger partial charge in [-0.2, -0.15) is 0 Å². The lowest BCUT2D eigenvalue weighted by Crippen LogP contribution is -2.23. The first-order valence-corrected chi connectivity index (χ1v) is 7.94. The van der Waals surface area contributed by atoms with Gasteiger partial charge in [-0.25, -0.2) is 0 Å². The molecular formula is C19H28N2. The van der Waals surface area contributed by atoms with Gasteiger partial charge in [-0.1, -0.05) is 39.0 Å². The van der Waals surface area contributed by atoms with Crippen LogP contribution in [0.2, 0.25) is 0 Å². The van der Waals surface area contributed by atoms with Crippen LogP contribution in [0, 0.1) is 25.7 Å². The number of benzene rings is 1. The summed E-state index contributed by atoms with van der Waals surface area (Å²) in [4.78, 5) is 0. The lowest BCUT2D eigenvalue weighted by atomic mass is 9.98. The molecule has 0 radical (unpaired) electrons. The Labute approximate surface area is 129 Å². The third-order valence-electron chi connectivity index (χ3n) is 4.47. The molecule has 1 unspecified atom stereocenters. The molecule has 0 fully saturated rings. The maximum absolute atomic E-state index is 3.60. The van der Waals surface area contributed by atoms with Crippen molar-refractivity contribution < 1.29 is 0 Å². The van der Waals surface area contributed by atoms with Gasteiger partial charge in [0.05, 0.1) is 0 Å². The molecule has 2 nitrogen and oxygen atoms in total. The Bertz CT molecular complexity index is 567. The largest absolute Gasteiger partial charge is 0.318 e. The van der Waals surface area contributed by atoms with Gasteiger partial charge in [0, 0.05) is 23.6 Å². The Morgan fingerprint density at radius 2 is 1.71 bits per heavy atom. The highest BCUT2D eigenvalue weighted by atomic mass is 15.0. The van der Waals surface area contributed by atoms with Crippen LogP contribution >= 0.6 is 0 Å². The lowest BCUT2D eigenvalue weighted by Gasteiger charge is -2.16. The summed E-state index contributed by atoms with van der Waals surface area (Å²) in [6, 6.07) is 12.9. The van der Waals surface area contributed by atoms with E-state index in [1.807, 2.05) is 0 Å². The Morgan fingerprint density at radius 3 is 2.33 bits per heavy atom. The van der Waals surface area contributed by atoms with Gasteiger partial charge >= 0.3 is 0 Å². The standard InChI is InChI=1S/C19H28N2/c1-14(2)15(3)12-20-13-18-11-16(4)21(17(18)5)19-9-7-6-8-10-19/h6-11,14-15,20H,12-13H2,1-5H3. The Kier molecular flexibility index (Phi) is 5.24. The van der Waals surface area contributed by atoms with Gasteiger partial charge in [-0.15, -0.1) is 0 Å². The minimum absolute atomic E-state index is 0.711. The normalized spacial score (nSPS) is 12.9. The van der Waals surface area contributed by atoms with Crippen molar-refractivity contribution in [2.45, 2.75) is 41.2 Å². The van der Waals surface area contributed by atoms with Gasteiger partial charge < -0.3 is 9.88 Å². The molecule has 1 heterocycles. The molecule has 1 aromatic carbocycles. The minimum atomic E-state index is 0.711. The smallest absolute Gasteiger partial charge is 0.0455 e. The van der Waals surface area contributed by atoms with E-state index in [2.05, 4.69) is 80.9 Å². The summed E-state index contributed by atoms with van der Waals surface area (Å²) in [6.07, 6.45) is 0. The van der Waals surface area contributed by atoms with Crippen LogP contribution in [0.5, 0.6) is 0 Å². The van der Waals surface area contributed by atoms with E-state index in [1.54, 1.807) is 0 Å². The van der Waals surface area contributed by atoms with Crippen molar-refractivity contribution in [3.63, 3.8) is 0 Å². The van der Waals surface area contributed by atoms with Crippen LogP contribution in [0.1, 0.15) is 37.7 Å². The molecule has 1 N–H and O–H groups in total. The summed E-state index contributed by atoms with van der Waals surface area (Å²) < 4.78 is 2.34. The molecule has 2 rings (SSSR count). The highest BCUT2D eigenvalue weighted by Crippen LogP contribution is 2.20. The van der Waals surface area contributed by atoms with Crippen molar-refractivity contribution >= 4 is 0 Å². The number of nitrogens with one attached hydrogen (secondary N) is 1. The Morgan fingerprint density at radius 1 is 1.05 bits per heavy atom. The fourth-order valence-corrected chi connectivity index (χ4v) is 2.65. The topological polar surface area (TPSA) is 17.0 Å². The zero-order valence-corrected chi connectivity index (χ0v) is 14.0. The highest BCUT2D eigenvalue weighted by molar-refractivity contribution is 5.40. The number of hydrogen-bond donors (Lipinski definition) is 1. The molecule has 0 amide bonds. The summed E-state index contributed by atoms with van der Waals surface area (Å²) in [5.41, 5.74) is 5.28. The first-order chi connectivity index (χ1) is 10.0. The van der Waals surface area contributed by atoms with Crippen molar-refractivity contribution in [2.24, 2.45) is 11.8 Å². The number of rotatable bonds is 6. The van der Waals surface area contributed by atoms with E-state index in [9.17, 15) is 0 Å². The van der Waals surface area contributed by atoms with E-state index < -0.39 is 0 Å². The van der Waals surface area contributed by atoms with E-state index in [-0.39, 0.29) is 0 Å². The number of nitrogens with zero attached hydrogens (tertiary/aromatic N) is 1. The lowest BCUT2D eigenvalue weighted by molar-refractivity contribution is 0.392. The summed E-state index contributed by atoms with van der Waals surface area (Å²) in [5.74, 6) is 1.44. The predicted octanol–water partition coefficient (Wildman–Crippen LogP) is 4.48. The molecule has 0 aliphatic rings. The quantitative estimate of drug-likeness (QED) is 0.828. The highest BCUT2D eigenvalue weighted by Gasteiger charge is 2.11. The zero-order chi connectivity index (χ0) is 15.4. The summed E-state index contributed by atoms with van der Waals surface area (Å²) in [7, 11) is 0. The van der Waals surface area contributed by atoms with E-state index in [0.717, 1.165) is 19.0 Å². The average Bonchev–Trinajstić information content (AvgIpc) is 2.74. The van der Waals surface area contributed by atoms with Crippen molar-refractivity contribution in [1.29, 1.82) is 0 Å². The second-order valence-corrected chi connectivity index (χ2v) is 6.42. The first-order valence-electron chi connectivity index (χ1n) is 7.94. The summed E-state index contributed by atoms with van der Waals surface area (Å²) >= 11 is 0. The zero-order valence-electron chi connectivity index (χ0n) is 14.0. The second-order valence-electron chi connectivity index (χ2n) is 6.42. The van der Waals surface area contributed by atoms with Crippen LogP contribution in [0.15, 0.2) is 36.4 Å². The number of para-hydroxylation sites is 1. The van der Waals surface area contributed by atoms with Gasteiger partial charge in [0.25, 0.3) is 0 Å². The molecule has 2 heteroatoms. The maximum atomic E-state index is 3.60. The SMILES string of the molecule is Cc1cc(CNCC(C)C(C)C)c(C)n1-c1ccccc1. The second kappa shape index (κ2) is 6.95. The number of aryl methyl sites for hydroxylation is 1. The minimum Gasteiger partial charge on any atom is -0.318 e. The first kappa shape index (κ1) is 15.8. The van der Waals surface area contributed by atoms with Crippen LogP contribution in [0.3, 0.4) is 0 Å². The van der Waals surface area contributed by atoms with Crippen molar-refractivity contribution in [1.82, 2.24) is 9.88 Å². The monoisotopic (exact) mass is 284 g/mol. The maximum Gasteiger partial charge on any atom is 0.0455 e.